The summed E-state index contributed by atoms with van der Waals surface area (Å²) in [4.78, 5) is 17.7. The Morgan fingerprint density at radius 1 is 0.927 bits per heavy atom. The van der Waals surface area contributed by atoms with Crippen LogP contribution in [0.4, 0.5) is 13.2 Å². The van der Waals surface area contributed by atoms with Crippen LogP contribution in [0.1, 0.15) is 59.9 Å². The summed E-state index contributed by atoms with van der Waals surface area (Å²) in [6.45, 7) is 5.08. The molecule has 0 spiro atoms. The summed E-state index contributed by atoms with van der Waals surface area (Å²) < 4.78 is 44.6. The van der Waals surface area contributed by atoms with Crippen molar-refractivity contribution in [2.45, 2.75) is 58.5 Å². The molecular formula is C32H33F3N2O3S. The number of carboxylic acids is 1. The molecule has 4 rings (SSSR count). The predicted octanol–water partition coefficient (Wildman–Crippen LogP) is 8.40. The molecule has 0 unspecified atom stereocenters. The van der Waals surface area contributed by atoms with Gasteiger partial charge in [-0.3, -0.25) is 9.69 Å². The maximum Gasteiger partial charge on any atom is 0.416 e. The number of ether oxygens (including phenoxy) is 1. The first-order chi connectivity index (χ1) is 19.6. The number of hydrogen-bond donors (Lipinski definition) is 1. The first kappa shape index (κ1) is 30.3. The fourth-order valence-corrected chi connectivity index (χ4v) is 5.50. The first-order valence-electron chi connectivity index (χ1n) is 13.5. The van der Waals surface area contributed by atoms with Gasteiger partial charge in [0.15, 0.2) is 0 Å². The average Bonchev–Trinajstić information content (AvgIpc) is 3.41. The molecule has 0 fully saturated rings. The third kappa shape index (κ3) is 8.65. The van der Waals surface area contributed by atoms with Crippen molar-refractivity contribution >= 4 is 17.3 Å². The highest BCUT2D eigenvalue weighted by atomic mass is 32.1. The minimum atomic E-state index is -4.42. The summed E-state index contributed by atoms with van der Waals surface area (Å²) >= 11 is 1.41. The molecular weight excluding hydrogens is 549 g/mol. The molecule has 1 aromatic heterocycles. The van der Waals surface area contributed by atoms with E-state index < -0.39 is 17.7 Å². The zero-order valence-corrected chi connectivity index (χ0v) is 23.8. The van der Waals surface area contributed by atoms with E-state index in [1.165, 1.54) is 29.0 Å². The third-order valence-electron chi connectivity index (χ3n) is 6.95. The van der Waals surface area contributed by atoms with Gasteiger partial charge in [-0.1, -0.05) is 50.2 Å². The van der Waals surface area contributed by atoms with Gasteiger partial charge in [-0.05, 0) is 71.8 Å². The average molecular weight is 583 g/mol. The number of nitrogens with zero attached hydrogens (tertiary/aromatic N) is 2. The van der Waals surface area contributed by atoms with Gasteiger partial charge < -0.3 is 9.84 Å². The van der Waals surface area contributed by atoms with Crippen molar-refractivity contribution in [3.05, 3.63) is 105 Å². The highest BCUT2D eigenvalue weighted by molar-refractivity contribution is 7.09. The number of benzene rings is 3. The van der Waals surface area contributed by atoms with E-state index in [0.717, 1.165) is 47.5 Å². The molecule has 1 heterocycles. The lowest BCUT2D eigenvalue weighted by atomic mass is 9.93. The van der Waals surface area contributed by atoms with E-state index in [1.54, 1.807) is 4.90 Å². The molecule has 0 aliphatic heterocycles. The van der Waals surface area contributed by atoms with E-state index in [0.29, 0.717) is 23.1 Å². The lowest BCUT2D eigenvalue weighted by Gasteiger charge is -2.19. The molecule has 0 radical (unpaired) electrons. The number of thiazole rings is 1. The van der Waals surface area contributed by atoms with Crippen LogP contribution in [0.3, 0.4) is 0 Å². The first-order valence-corrected chi connectivity index (χ1v) is 14.4. The Morgan fingerprint density at radius 2 is 1.56 bits per heavy atom. The van der Waals surface area contributed by atoms with Gasteiger partial charge in [0.25, 0.3) is 0 Å². The van der Waals surface area contributed by atoms with Crippen LogP contribution < -0.4 is 4.74 Å². The van der Waals surface area contributed by atoms with E-state index in [1.807, 2.05) is 29.6 Å². The zero-order chi connectivity index (χ0) is 29.4. The van der Waals surface area contributed by atoms with E-state index in [9.17, 15) is 23.1 Å². The molecule has 5 nitrogen and oxygen atoms in total. The molecule has 0 amide bonds. The van der Waals surface area contributed by atoms with Gasteiger partial charge in [0, 0.05) is 17.5 Å². The van der Waals surface area contributed by atoms with E-state index >= 15 is 0 Å². The number of hydrogen-bond acceptors (Lipinski definition) is 5. The molecule has 4 aromatic rings. The van der Waals surface area contributed by atoms with Crippen molar-refractivity contribution in [2.24, 2.45) is 0 Å². The van der Waals surface area contributed by atoms with Gasteiger partial charge in [0.05, 0.1) is 24.3 Å². The van der Waals surface area contributed by atoms with Crippen molar-refractivity contribution in [3.8, 4) is 17.0 Å². The standard InChI is InChI=1S/C32H33F3N2O3S/c1-3-24(4-2)25-9-5-23(6-10-25)20-40-28-15-11-26(12-16-28)29-21-41-30(36-29)18-37(19-31(38)39)17-22-7-13-27(14-8-22)32(33,34)35/h5-16,21,24H,3-4,17-20H2,1-2H3,(H,38,39). The zero-order valence-electron chi connectivity index (χ0n) is 23.0. The van der Waals surface area contributed by atoms with Crippen molar-refractivity contribution in [1.82, 2.24) is 9.88 Å². The molecule has 9 heteroatoms. The van der Waals surface area contributed by atoms with Crippen LogP contribution in [0, 0.1) is 0 Å². The lowest BCUT2D eigenvalue weighted by Crippen LogP contribution is -2.29. The molecule has 41 heavy (non-hydrogen) atoms. The third-order valence-corrected chi connectivity index (χ3v) is 7.78. The second-order valence-electron chi connectivity index (χ2n) is 9.93. The monoisotopic (exact) mass is 582 g/mol. The number of carbonyl (C=O) groups is 1. The van der Waals surface area contributed by atoms with Crippen LogP contribution in [0.25, 0.3) is 11.3 Å². The van der Waals surface area contributed by atoms with Crippen molar-refractivity contribution in [1.29, 1.82) is 0 Å². The van der Waals surface area contributed by atoms with Crippen molar-refractivity contribution < 1.29 is 27.8 Å². The van der Waals surface area contributed by atoms with Gasteiger partial charge in [0.1, 0.15) is 17.4 Å². The topological polar surface area (TPSA) is 62.7 Å². The maximum atomic E-state index is 12.9. The Hall–Kier alpha value is -3.69. The van der Waals surface area contributed by atoms with E-state index in [-0.39, 0.29) is 19.6 Å². The van der Waals surface area contributed by atoms with Gasteiger partial charge in [-0.2, -0.15) is 13.2 Å². The highest BCUT2D eigenvalue weighted by Crippen LogP contribution is 2.30. The second kappa shape index (κ2) is 13.8. The number of rotatable bonds is 13. The molecule has 216 valence electrons. The molecule has 0 saturated carbocycles. The number of aliphatic carboxylic acids is 1. The summed E-state index contributed by atoms with van der Waals surface area (Å²) in [6.07, 6.45) is -2.16. The molecule has 1 N–H and O–H groups in total. The lowest BCUT2D eigenvalue weighted by molar-refractivity contribution is -0.139. The quantitative estimate of drug-likeness (QED) is 0.172. The Kier molecular flexibility index (Phi) is 10.2. The summed E-state index contributed by atoms with van der Waals surface area (Å²) in [5.74, 6) is 0.312. The number of carboxylic acid groups (broad SMARTS) is 1. The Bertz CT molecular complexity index is 1400. The Morgan fingerprint density at radius 3 is 2.15 bits per heavy atom. The van der Waals surface area contributed by atoms with E-state index in [4.69, 9.17) is 4.74 Å². The second-order valence-corrected chi connectivity index (χ2v) is 10.9. The van der Waals surface area contributed by atoms with Crippen LogP contribution in [-0.2, 0) is 30.7 Å². The fourth-order valence-electron chi connectivity index (χ4n) is 4.66. The van der Waals surface area contributed by atoms with Crippen LogP contribution in [0.15, 0.2) is 78.2 Å². The molecule has 0 aliphatic rings. The minimum absolute atomic E-state index is 0.186. The molecule has 0 aliphatic carbocycles. The van der Waals surface area contributed by atoms with Crippen LogP contribution in [-0.4, -0.2) is 27.5 Å². The van der Waals surface area contributed by atoms with Crippen LogP contribution >= 0.6 is 11.3 Å². The number of halogens is 3. The van der Waals surface area contributed by atoms with E-state index in [2.05, 4.69) is 43.1 Å². The summed E-state index contributed by atoms with van der Waals surface area (Å²) in [6, 6.07) is 21.0. The Balaban J connectivity index is 1.35. The van der Waals surface area contributed by atoms with Crippen molar-refractivity contribution in [2.75, 3.05) is 6.54 Å². The molecule has 3 aromatic carbocycles. The molecule has 0 saturated heterocycles. The molecule has 0 atom stereocenters. The largest absolute Gasteiger partial charge is 0.489 e. The minimum Gasteiger partial charge on any atom is -0.489 e. The van der Waals surface area contributed by atoms with Gasteiger partial charge in [-0.25, -0.2) is 4.98 Å². The highest BCUT2D eigenvalue weighted by Gasteiger charge is 2.30. The number of alkyl halides is 3. The maximum absolute atomic E-state index is 12.9. The Labute approximate surface area is 242 Å². The summed E-state index contributed by atoms with van der Waals surface area (Å²) in [5.41, 5.74) is 3.98. The predicted molar refractivity (Wildman–Crippen MR) is 155 cm³/mol. The fraction of sp³-hybridized carbons (Fsp3) is 0.312. The van der Waals surface area contributed by atoms with Gasteiger partial charge in [-0.15, -0.1) is 11.3 Å². The molecule has 0 bridgehead atoms. The smallest absolute Gasteiger partial charge is 0.416 e. The van der Waals surface area contributed by atoms with Gasteiger partial charge in [0.2, 0.25) is 0 Å². The summed E-state index contributed by atoms with van der Waals surface area (Å²) in [5, 5.41) is 12.0. The van der Waals surface area contributed by atoms with Crippen molar-refractivity contribution in [3.63, 3.8) is 0 Å². The number of aromatic nitrogens is 1. The van der Waals surface area contributed by atoms with Crippen LogP contribution in [0.5, 0.6) is 5.75 Å². The SMILES string of the molecule is CCC(CC)c1ccc(COc2ccc(-c3csc(CN(CC(=O)O)Cc4ccc(C(F)(F)F)cc4)n3)cc2)cc1. The normalized spacial score (nSPS) is 11.8. The van der Waals surface area contributed by atoms with Gasteiger partial charge >= 0.3 is 12.1 Å². The summed E-state index contributed by atoms with van der Waals surface area (Å²) in [7, 11) is 0. The van der Waals surface area contributed by atoms with Crippen LogP contribution in [0.2, 0.25) is 0 Å².